The van der Waals surface area contributed by atoms with Crippen molar-refractivity contribution < 1.29 is 89.4 Å². The Bertz CT molecular complexity index is 3840. The van der Waals surface area contributed by atoms with Crippen molar-refractivity contribution in [3.05, 3.63) is 129 Å². The number of urea groups is 1. The summed E-state index contributed by atoms with van der Waals surface area (Å²) in [6.45, 7) is 20.9. The third kappa shape index (κ3) is 18.6. The first-order chi connectivity index (χ1) is 45.6. The van der Waals surface area contributed by atoms with Crippen LogP contribution in [-0.2, 0) is 63.1 Å². The summed E-state index contributed by atoms with van der Waals surface area (Å²) in [5.74, 6) is -9.51. The Kier molecular flexibility index (Phi) is 23.6. The van der Waals surface area contributed by atoms with Crippen molar-refractivity contribution in [3.63, 3.8) is 0 Å². The van der Waals surface area contributed by atoms with Gasteiger partial charge in [-0.15, -0.1) is 0 Å². The van der Waals surface area contributed by atoms with Crippen LogP contribution in [0.1, 0.15) is 98.7 Å². The van der Waals surface area contributed by atoms with E-state index in [1.54, 1.807) is 50.7 Å². The van der Waals surface area contributed by atoms with E-state index < -0.39 is 82.4 Å². The molecule has 524 valence electrons. The first-order valence-electron chi connectivity index (χ1n) is 30.7. The number of hydrogen-bond donors (Lipinski definition) is 6. The summed E-state index contributed by atoms with van der Waals surface area (Å²) < 4.78 is 101. The van der Waals surface area contributed by atoms with Crippen LogP contribution in [0, 0.1) is 38.5 Å². The number of aromatic nitrogens is 6. The van der Waals surface area contributed by atoms with E-state index in [2.05, 4.69) is 53.8 Å². The maximum atomic E-state index is 13.4. The molecule has 0 saturated carbocycles. The quantitative estimate of drug-likeness (QED) is 0.0538. The molecule has 8 amide bonds. The summed E-state index contributed by atoms with van der Waals surface area (Å²) in [4.78, 5) is 91.0. The van der Waals surface area contributed by atoms with Crippen LogP contribution in [0.15, 0.2) is 73.2 Å². The Morgan fingerprint density at radius 2 is 0.969 bits per heavy atom. The number of carbonyl (C=O) groups is 7. The van der Waals surface area contributed by atoms with Gasteiger partial charge in [0, 0.05) is 62.4 Å². The average molecular weight is 1480 g/mol. The lowest BCUT2D eigenvalue weighted by Gasteiger charge is -2.36. The zero-order chi connectivity index (χ0) is 71.1. The first kappa shape index (κ1) is 73.8. The van der Waals surface area contributed by atoms with Crippen LogP contribution in [0.4, 0.5) is 68.3 Å². The van der Waals surface area contributed by atoms with E-state index in [9.17, 15) is 70.1 Å². The maximum absolute atomic E-state index is 13.4. The number of ether oxygens (including phenoxy) is 3. The second-order valence-electron chi connectivity index (χ2n) is 25.3. The molecular formula is C63H75F6IN14O13. The number of benzene rings is 3. The third-order valence-electron chi connectivity index (χ3n) is 15.5. The van der Waals surface area contributed by atoms with Gasteiger partial charge in [-0.3, -0.25) is 43.5 Å². The molecule has 9 heterocycles. The van der Waals surface area contributed by atoms with Gasteiger partial charge < -0.3 is 54.9 Å². The number of aliphatic hydroxyl groups is 3. The molecule has 0 unspecified atom stereocenters. The number of carbonyl (C=O) groups excluding carboxylic acids is 7. The minimum absolute atomic E-state index is 0.0556. The number of aliphatic hydroxyl groups excluding tert-OH is 3. The van der Waals surface area contributed by atoms with Crippen molar-refractivity contribution in [3.8, 4) is 5.75 Å². The van der Waals surface area contributed by atoms with Gasteiger partial charge in [0.05, 0.1) is 114 Å². The van der Waals surface area contributed by atoms with Crippen molar-refractivity contribution in [1.82, 2.24) is 49.4 Å². The van der Waals surface area contributed by atoms with Crippen molar-refractivity contribution in [2.75, 3.05) is 40.1 Å². The SMILES string of the molecule is C[C@H]1Cn2ncc(I)c2CN1C(=O)OC(C)(C)C.C[C@H]1Cn2ncc(N3CC[C@H](O)C3=O)c2CN1C(=O)Nc1cc(F)c(F)c(F)c1.C[C@H]1Cn2ncc(N3CC[C@H](O)C3=O)c2CN1C(=O)OC(C)(C)C.O=C(Nc1cc(F)c(F)c(F)c1)Oc1ccccc1.O=C1NCC[C@@H]1O. The molecule has 12 rings (SSSR count). The van der Waals surface area contributed by atoms with Gasteiger partial charge in [0.15, 0.2) is 34.9 Å². The van der Waals surface area contributed by atoms with Gasteiger partial charge in [-0.05, 0) is 103 Å². The van der Waals surface area contributed by atoms with Crippen LogP contribution < -0.4 is 30.5 Å². The number of rotatable bonds is 5. The smallest absolute Gasteiger partial charge is 0.417 e. The minimum Gasteiger partial charge on any atom is -0.444 e. The number of fused-ring (bicyclic) bond motifs is 3. The van der Waals surface area contributed by atoms with Gasteiger partial charge in [0.25, 0.3) is 11.8 Å². The molecule has 0 spiro atoms. The molecule has 3 fully saturated rings. The molecule has 3 saturated heterocycles. The number of hydrogen-bond acceptors (Lipinski definition) is 16. The number of nitrogens with zero attached hydrogens (tertiary/aromatic N) is 11. The Morgan fingerprint density at radius 3 is 1.36 bits per heavy atom. The van der Waals surface area contributed by atoms with Crippen molar-refractivity contribution in [2.45, 2.75) is 168 Å². The highest BCUT2D eigenvalue weighted by atomic mass is 127. The van der Waals surface area contributed by atoms with Crippen LogP contribution in [0.5, 0.6) is 5.75 Å². The molecule has 6 atom stereocenters. The summed E-state index contributed by atoms with van der Waals surface area (Å²) >= 11 is 2.25. The average Bonchev–Trinajstić information content (AvgIpc) is 1.66. The largest absolute Gasteiger partial charge is 0.444 e. The van der Waals surface area contributed by atoms with Crippen LogP contribution in [0.25, 0.3) is 0 Å². The van der Waals surface area contributed by atoms with E-state index in [0.29, 0.717) is 106 Å². The molecule has 27 nitrogen and oxygen atoms in total. The van der Waals surface area contributed by atoms with Crippen molar-refractivity contribution >= 4 is 87.4 Å². The molecule has 34 heteroatoms. The Hall–Kier alpha value is -9.03. The van der Waals surface area contributed by atoms with Crippen LogP contribution in [0.3, 0.4) is 0 Å². The van der Waals surface area contributed by atoms with E-state index in [4.69, 9.17) is 19.3 Å². The van der Waals surface area contributed by atoms with Crippen LogP contribution in [0.2, 0.25) is 0 Å². The fourth-order valence-electron chi connectivity index (χ4n) is 10.6. The van der Waals surface area contributed by atoms with Gasteiger partial charge in [-0.1, -0.05) is 18.2 Å². The maximum Gasteiger partial charge on any atom is 0.417 e. The zero-order valence-electron chi connectivity index (χ0n) is 54.4. The van der Waals surface area contributed by atoms with E-state index in [-0.39, 0.29) is 65.8 Å². The minimum atomic E-state index is -1.61. The van der Waals surface area contributed by atoms with Crippen molar-refractivity contribution in [2.24, 2.45) is 0 Å². The fourth-order valence-corrected chi connectivity index (χ4v) is 11.1. The number of halogens is 7. The lowest BCUT2D eigenvalue weighted by molar-refractivity contribution is -0.126. The Balaban J connectivity index is 0.000000162. The zero-order valence-corrected chi connectivity index (χ0v) is 56.5. The van der Waals surface area contributed by atoms with Gasteiger partial charge in [0.1, 0.15) is 35.3 Å². The topological polar surface area (TPSA) is 314 Å². The van der Waals surface area contributed by atoms with E-state index >= 15 is 0 Å². The highest BCUT2D eigenvalue weighted by molar-refractivity contribution is 14.1. The molecule has 6 aromatic rings. The predicted octanol–water partition coefficient (Wildman–Crippen LogP) is 8.16. The molecule has 3 aromatic heterocycles. The normalized spacial score (nSPS) is 20.2. The number of para-hydroxylation sites is 1. The van der Waals surface area contributed by atoms with Gasteiger partial charge >= 0.3 is 24.3 Å². The molecule has 3 aromatic carbocycles. The molecule has 0 bridgehead atoms. The molecule has 0 radical (unpaired) electrons. The molecule has 97 heavy (non-hydrogen) atoms. The molecule has 0 aliphatic carbocycles. The standard InChI is InChI=1S/C18H18F3N5O3.C16H24N4O4.C13H8F3NO2.C12H18IN3O2.C4H7NO2/c1-9-7-26-14(13(6-22-26)24-3-2-15(27)17(24)28)8-25(9)18(29)23-10-4-11(19)16(21)12(20)5-10;1-10-8-20-12(9-19(10)15(23)24-16(2,3)4)11(7-17-20)18-6-5-13(21)14(18)22;14-10-6-8(7-11(15)12(10)16)17-13(18)19-9-4-2-1-3-5-9;1-8-6-16-10(9(13)5-14-16)7-15(8)11(17)18-12(2,3)4;6-3-1-2-5-4(3)7/h4-6,9,15,27H,2-3,7-8H2,1H3,(H,23,29);7,10,13,21H,5-6,8-9H2,1-4H3;1-7H,(H,17,18);5,8H,6-7H2,1-4H3;3,6H,1-2H2,(H,5,7)/t9-,15-;10-,13-;;8-;3-/m00.00/s1. The number of anilines is 4. The molecule has 6 aliphatic heterocycles. The summed E-state index contributed by atoms with van der Waals surface area (Å²) in [7, 11) is 0. The summed E-state index contributed by atoms with van der Waals surface area (Å²) in [6.07, 6.45) is 1.97. The lowest BCUT2D eigenvalue weighted by atomic mass is 10.2. The second kappa shape index (κ2) is 31.0. The first-order valence-corrected chi connectivity index (χ1v) is 31.8. The van der Waals surface area contributed by atoms with E-state index in [0.717, 1.165) is 21.5 Å². The molecule has 6 N–H and O–H groups in total. The third-order valence-corrected chi connectivity index (χ3v) is 16.4. The second-order valence-corrected chi connectivity index (χ2v) is 26.4. The van der Waals surface area contributed by atoms with Crippen LogP contribution >= 0.6 is 22.6 Å². The molecular weight excluding hydrogens is 1400 g/mol. The monoisotopic (exact) mass is 1480 g/mol. The van der Waals surface area contributed by atoms with Gasteiger partial charge in [0.2, 0.25) is 5.91 Å². The van der Waals surface area contributed by atoms with Gasteiger partial charge in [-0.25, -0.2) is 45.5 Å². The Labute approximate surface area is 566 Å². The highest BCUT2D eigenvalue weighted by Crippen LogP contribution is 2.33. The fraction of sp³-hybridized carbons (Fsp3) is 0.460. The van der Waals surface area contributed by atoms with Crippen molar-refractivity contribution in [1.29, 1.82) is 0 Å². The summed E-state index contributed by atoms with van der Waals surface area (Å²) in [6, 6.07) is 9.93. The summed E-state index contributed by atoms with van der Waals surface area (Å²) in [5, 5.41) is 47.8. The lowest BCUT2D eigenvalue weighted by Crippen LogP contribution is -2.47. The number of amides is 8. The van der Waals surface area contributed by atoms with E-state index in [1.165, 1.54) is 28.1 Å². The predicted molar refractivity (Wildman–Crippen MR) is 344 cm³/mol. The van der Waals surface area contributed by atoms with E-state index in [1.807, 2.05) is 71.0 Å². The summed E-state index contributed by atoms with van der Waals surface area (Å²) in [5.41, 5.74) is 2.19. The van der Waals surface area contributed by atoms with Crippen LogP contribution in [-0.4, -0.2) is 169 Å². The van der Waals surface area contributed by atoms with Gasteiger partial charge in [-0.2, -0.15) is 15.3 Å². The molecule has 6 aliphatic rings. The number of nitrogens with one attached hydrogen (secondary N) is 3. The Morgan fingerprint density at radius 1 is 0.567 bits per heavy atom. The highest BCUT2D eigenvalue weighted by Gasteiger charge is 2.40.